The Morgan fingerprint density at radius 3 is 2.49 bits per heavy atom. The van der Waals surface area contributed by atoms with Gasteiger partial charge in [-0.2, -0.15) is 0 Å². The normalized spacial score (nSPS) is 27.7. The quantitative estimate of drug-likeness (QED) is 0.249. The van der Waals surface area contributed by atoms with E-state index in [1.54, 1.807) is 11.3 Å². The fourth-order valence-electron chi connectivity index (χ4n) is 5.09. The highest BCUT2D eigenvalue weighted by atomic mass is 32.1. The van der Waals surface area contributed by atoms with Crippen molar-refractivity contribution in [2.75, 3.05) is 18.5 Å². The zero-order valence-electron chi connectivity index (χ0n) is 21.2. The van der Waals surface area contributed by atoms with E-state index in [-0.39, 0.29) is 12.5 Å². The van der Waals surface area contributed by atoms with E-state index in [1.807, 2.05) is 68.6 Å². The van der Waals surface area contributed by atoms with Crippen LogP contribution in [0.1, 0.15) is 29.7 Å². The molecule has 0 spiro atoms. The molecule has 3 aromatic rings. The van der Waals surface area contributed by atoms with E-state index in [4.69, 9.17) is 4.98 Å². The molecule has 1 saturated carbocycles. The number of nitrogens with zero attached hydrogens (tertiary/aromatic N) is 2. The molecule has 0 bridgehead atoms. The molecule has 0 amide bonds. The molecule has 5 atom stereocenters. The number of anilines is 1. The van der Waals surface area contributed by atoms with Gasteiger partial charge in [0.15, 0.2) is 5.79 Å². The standard InChI is InChI=1S/C27H34N6O3S/c1-15-9-19(10-16(2)29-15)32-27(3)28-12-20(26-31-22(14-37-26)17-7-5-4-6-8-17)25(33-27)30-21-11-18(13-34)23(35)24(21)36/h4-10,14,18,21,23-24,28,30,33-36H,11-13H2,1-3H3,(H,29,32)/t18-,21-,23-,24+,27?/m1/s1. The van der Waals surface area contributed by atoms with Gasteiger partial charge in [0.2, 0.25) is 0 Å². The van der Waals surface area contributed by atoms with Crippen LogP contribution in [0.3, 0.4) is 0 Å². The summed E-state index contributed by atoms with van der Waals surface area (Å²) < 4.78 is 0. The predicted molar refractivity (Wildman–Crippen MR) is 145 cm³/mol. The molecule has 37 heavy (non-hydrogen) atoms. The Hall–Kier alpha value is -3.02. The number of pyridine rings is 1. The molecule has 196 valence electrons. The van der Waals surface area contributed by atoms with Crippen LogP contribution in [0.4, 0.5) is 5.69 Å². The molecule has 7 N–H and O–H groups in total. The second kappa shape index (κ2) is 10.4. The van der Waals surface area contributed by atoms with Crippen molar-refractivity contribution in [3.63, 3.8) is 0 Å². The molecule has 9 nitrogen and oxygen atoms in total. The highest BCUT2D eigenvalue weighted by molar-refractivity contribution is 7.11. The number of rotatable bonds is 7. The number of thiazole rings is 1. The second-order valence-electron chi connectivity index (χ2n) is 10.0. The number of benzene rings is 1. The van der Waals surface area contributed by atoms with Gasteiger partial charge in [0, 0.05) is 52.7 Å². The topological polar surface area (TPSA) is 135 Å². The van der Waals surface area contributed by atoms with Crippen LogP contribution < -0.4 is 21.3 Å². The summed E-state index contributed by atoms with van der Waals surface area (Å²) in [6.07, 6.45) is -1.53. The van der Waals surface area contributed by atoms with Gasteiger partial charge in [-0.3, -0.25) is 10.3 Å². The van der Waals surface area contributed by atoms with Gasteiger partial charge in [-0.15, -0.1) is 11.3 Å². The van der Waals surface area contributed by atoms with Crippen molar-refractivity contribution < 1.29 is 15.3 Å². The molecule has 1 aromatic carbocycles. The summed E-state index contributed by atoms with van der Waals surface area (Å²) in [5, 5.41) is 47.7. The predicted octanol–water partition coefficient (Wildman–Crippen LogP) is 2.16. The third kappa shape index (κ3) is 5.48. The van der Waals surface area contributed by atoms with E-state index in [1.165, 1.54) is 0 Å². The van der Waals surface area contributed by atoms with Crippen molar-refractivity contribution in [1.82, 2.24) is 25.9 Å². The zero-order chi connectivity index (χ0) is 26.2. The highest BCUT2D eigenvalue weighted by Gasteiger charge is 2.42. The molecule has 1 unspecified atom stereocenters. The van der Waals surface area contributed by atoms with Crippen molar-refractivity contribution >= 4 is 22.6 Å². The number of hydrogen-bond acceptors (Lipinski definition) is 10. The van der Waals surface area contributed by atoms with E-state index in [2.05, 4.69) is 26.3 Å². The van der Waals surface area contributed by atoms with Crippen molar-refractivity contribution in [3.8, 4) is 11.3 Å². The second-order valence-corrected chi connectivity index (χ2v) is 10.9. The van der Waals surface area contributed by atoms with Crippen molar-refractivity contribution in [1.29, 1.82) is 0 Å². The van der Waals surface area contributed by atoms with Gasteiger partial charge >= 0.3 is 0 Å². The Morgan fingerprint density at radius 1 is 1.08 bits per heavy atom. The summed E-state index contributed by atoms with van der Waals surface area (Å²) in [5.74, 6) is -0.375. The van der Waals surface area contributed by atoms with Gasteiger partial charge in [0.1, 0.15) is 16.9 Å². The summed E-state index contributed by atoms with van der Waals surface area (Å²) in [5.41, 5.74) is 5.65. The minimum atomic E-state index is -0.997. The minimum Gasteiger partial charge on any atom is -0.396 e. The van der Waals surface area contributed by atoms with Crippen LogP contribution in [-0.2, 0) is 0 Å². The zero-order valence-corrected chi connectivity index (χ0v) is 22.0. The molecule has 2 aliphatic rings. The molecule has 3 heterocycles. The van der Waals surface area contributed by atoms with Gasteiger partial charge in [-0.05, 0) is 39.3 Å². The summed E-state index contributed by atoms with van der Waals surface area (Å²) in [6.45, 7) is 6.27. The number of aromatic nitrogens is 2. The van der Waals surface area contributed by atoms with Crippen LogP contribution in [0.15, 0.2) is 53.7 Å². The smallest absolute Gasteiger partial charge is 0.162 e. The maximum atomic E-state index is 10.7. The van der Waals surface area contributed by atoms with Crippen LogP contribution in [0.2, 0.25) is 0 Å². The number of nitrogens with one attached hydrogen (secondary N) is 4. The summed E-state index contributed by atoms with van der Waals surface area (Å²) in [4.78, 5) is 9.37. The summed E-state index contributed by atoms with van der Waals surface area (Å²) in [7, 11) is 0. The first kappa shape index (κ1) is 25.6. The molecular formula is C27H34N6O3S. The molecule has 10 heteroatoms. The first-order chi connectivity index (χ1) is 17.7. The van der Waals surface area contributed by atoms with Crippen molar-refractivity contribution in [2.45, 2.75) is 51.2 Å². The first-order valence-electron chi connectivity index (χ1n) is 12.5. The lowest BCUT2D eigenvalue weighted by atomic mass is 10.1. The molecule has 0 radical (unpaired) electrons. The average molecular weight is 523 g/mol. The first-order valence-corrected chi connectivity index (χ1v) is 13.4. The fourth-order valence-corrected chi connectivity index (χ4v) is 5.97. The lowest BCUT2D eigenvalue weighted by Gasteiger charge is -2.41. The molecule has 1 aliphatic carbocycles. The van der Waals surface area contributed by atoms with E-state index < -0.39 is 24.0 Å². The molecule has 1 fully saturated rings. The van der Waals surface area contributed by atoms with E-state index in [0.29, 0.717) is 13.0 Å². The molecule has 5 rings (SSSR count). The fraction of sp³-hybridized carbons (Fsp3) is 0.407. The number of hydrogen-bond donors (Lipinski definition) is 7. The van der Waals surface area contributed by atoms with Crippen LogP contribution >= 0.6 is 11.3 Å². The van der Waals surface area contributed by atoms with Crippen molar-refractivity contribution in [2.24, 2.45) is 5.92 Å². The summed E-state index contributed by atoms with van der Waals surface area (Å²) >= 11 is 1.56. The van der Waals surface area contributed by atoms with Gasteiger partial charge < -0.3 is 31.3 Å². The molecule has 2 aromatic heterocycles. The maximum absolute atomic E-state index is 10.7. The third-order valence-corrected chi connectivity index (χ3v) is 7.87. The Bertz CT molecular complexity index is 1260. The number of aliphatic hydroxyl groups is 3. The molecular weight excluding hydrogens is 488 g/mol. The number of aryl methyl sites for hydroxylation is 2. The van der Waals surface area contributed by atoms with E-state index in [0.717, 1.165) is 44.7 Å². The Morgan fingerprint density at radius 2 is 1.81 bits per heavy atom. The van der Waals surface area contributed by atoms with Gasteiger partial charge in [0.25, 0.3) is 0 Å². The van der Waals surface area contributed by atoms with Crippen molar-refractivity contribution in [3.05, 3.63) is 70.1 Å². The highest BCUT2D eigenvalue weighted by Crippen LogP contribution is 2.32. The van der Waals surface area contributed by atoms with Crippen LogP contribution in [0.5, 0.6) is 0 Å². The largest absolute Gasteiger partial charge is 0.396 e. The van der Waals surface area contributed by atoms with Crippen LogP contribution in [-0.4, -0.2) is 62.5 Å². The molecule has 0 saturated heterocycles. The SMILES string of the molecule is Cc1cc(NC2(C)NCC(c3nc(-c4ccccc4)cs3)=C(N[C@@H]3C[C@H](CO)[C@@H](O)[C@H]3O)N2)cc(C)n1. The Kier molecular flexibility index (Phi) is 7.19. The van der Waals surface area contributed by atoms with Crippen LogP contribution in [0, 0.1) is 19.8 Å². The Labute approximate surface area is 220 Å². The minimum absolute atomic E-state index is 0.176. The van der Waals surface area contributed by atoms with Gasteiger partial charge in [-0.1, -0.05) is 30.3 Å². The third-order valence-electron chi connectivity index (χ3n) is 6.97. The van der Waals surface area contributed by atoms with Gasteiger partial charge in [-0.25, -0.2) is 4.98 Å². The van der Waals surface area contributed by atoms with Gasteiger partial charge in [0.05, 0.1) is 17.8 Å². The lowest BCUT2D eigenvalue weighted by Crippen LogP contribution is -2.65. The monoisotopic (exact) mass is 522 g/mol. The molecule has 1 aliphatic heterocycles. The maximum Gasteiger partial charge on any atom is 0.162 e. The van der Waals surface area contributed by atoms with E-state index >= 15 is 0 Å². The van der Waals surface area contributed by atoms with E-state index in [9.17, 15) is 15.3 Å². The van der Waals surface area contributed by atoms with Crippen LogP contribution in [0.25, 0.3) is 16.8 Å². The average Bonchev–Trinajstić information content (AvgIpc) is 3.45. The number of aliphatic hydroxyl groups excluding tert-OH is 3. The summed E-state index contributed by atoms with van der Waals surface area (Å²) in [6, 6.07) is 13.6. The lowest BCUT2D eigenvalue weighted by molar-refractivity contribution is 0.000374. The Balaban J connectivity index is 1.47.